The number of nitrogens with zero attached hydrogens (tertiary/aromatic N) is 3. The van der Waals surface area contributed by atoms with Crippen LogP contribution in [0.1, 0.15) is 27.2 Å². The van der Waals surface area contributed by atoms with Gasteiger partial charge in [-0.15, -0.1) is 0 Å². The van der Waals surface area contributed by atoms with Crippen LogP contribution in [0.25, 0.3) is 0 Å². The average molecular weight is 270 g/mol. The van der Waals surface area contributed by atoms with Crippen LogP contribution in [0.3, 0.4) is 0 Å². The van der Waals surface area contributed by atoms with E-state index in [2.05, 4.69) is 26.9 Å². The van der Waals surface area contributed by atoms with Gasteiger partial charge in [-0.05, 0) is 26.1 Å². The van der Waals surface area contributed by atoms with Crippen LogP contribution in [0.2, 0.25) is 0 Å². The second-order valence-electron chi connectivity index (χ2n) is 5.22. The van der Waals surface area contributed by atoms with Gasteiger partial charge in [-0.1, -0.05) is 20.8 Å². The summed E-state index contributed by atoms with van der Waals surface area (Å²) in [5.41, 5.74) is 0. The van der Waals surface area contributed by atoms with Gasteiger partial charge in [-0.3, -0.25) is 0 Å². The maximum Gasteiger partial charge on any atom is 0.0110 e. The first-order valence-corrected chi connectivity index (χ1v) is 8.26. The third kappa shape index (κ3) is 6.70. The summed E-state index contributed by atoms with van der Waals surface area (Å²) in [7, 11) is 0. The van der Waals surface area contributed by atoms with Gasteiger partial charge >= 0.3 is 0 Å². The van der Waals surface area contributed by atoms with Crippen LogP contribution >= 0.6 is 0 Å². The van der Waals surface area contributed by atoms with E-state index in [1.807, 2.05) is 13.8 Å². The van der Waals surface area contributed by atoms with Crippen LogP contribution in [0.15, 0.2) is 0 Å². The lowest BCUT2D eigenvalue weighted by Gasteiger charge is -2.34. The summed E-state index contributed by atoms with van der Waals surface area (Å²) >= 11 is 0. The molecule has 1 N–H and O–H groups in total. The summed E-state index contributed by atoms with van der Waals surface area (Å²) in [5, 5.41) is 3.41. The van der Waals surface area contributed by atoms with E-state index in [1.165, 1.54) is 78.4 Å². The molecular formula is C15H34N4. The molecule has 0 aromatic heterocycles. The molecule has 0 bridgehead atoms. The third-order valence-corrected chi connectivity index (χ3v) is 4.07. The van der Waals surface area contributed by atoms with Crippen molar-refractivity contribution < 1.29 is 0 Å². The molecule has 2 rings (SSSR count). The fraction of sp³-hybridized carbons (Fsp3) is 1.00. The smallest absolute Gasteiger partial charge is 0.0110 e. The van der Waals surface area contributed by atoms with Crippen LogP contribution in [0, 0.1) is 0 Å². The molecule has 2 fully saturated rings. The van der Waals surface area contributed by atoms with Crippen molar-refractivity contribution in [3.05, 3.63) is 0 Å². The highest BCUT2D eigenvalue weighted by Crippen LogP contribution is 2.03. The predicted molar refractivity (Wildman–Crippen MR) is 83.8 cm³/mol. The Morgan fingerprint density at radius 3 is 1.74 bits per heavy atom. The van der Waals surface area contributed by atoms with Crippen molar-refractivity contribution >= 4 is 0 Å². The first kappa shape index (κ1) is 16.9. The van der Waals surface area contributed by atoms with Crippen molar-refractivity contribution in [3.63, 3.8) is 0 Å². The highest BCUT2D eigenvalue weighted by molar-refractivity contribution is 4.72. The van der Waals surface area contributed by atoms with Gasteiger partial charge in [0.2, 0.25) is 0 Å². The summed E-state index contributed by atoms with van der Waals surface area (Å²) in [4.78, 5) is 7.78. The van der Waals surface area contributed by atoms with Gasteiger partial charge in [-0.25, -0.2) is 0 Å². The first-order chi connectivity index (χ1) is 9.38. The number of nitrogens with one attached hydrogen (secondary N) is 1. The molecule has 2 aliphatic rings. The molecule has 0 amide bonds. The summed E-state index contributed by atoms with van der Waals surface area (Å²) in [6.45, 7) is 20.0. The van der Waals surface area contributed by atoms with Crippen LogP contribution < -0.4 is 5.32 Å². The minimum Gasteiger partial charge on any atom is -0.314 e. The van der Waals surface area contributed by atoms with Gasteiger partial charge in [0.1, 0.15) is 0 Å². The zero-order chi connectivity index (χ0) is 13.9. The lowest BCUT2D eigenvalue weighted by atomic mass is 10.2. The Morgan fingerprint density at radius 2 is 1.21 bits per heavy atom. The molecule has 0 aromatic carbocycles. The summed E-state index contributed by atoms with van der Waals surface area (Å²) in [6.07, 6.45) is 1.34. The van der Waals surface area contributed by atoms with Gasteiger partial charge in [0, 0.05) is 52.4 Å². The molecule has 2 saturated heterocycles. The maximum absolute atomic E-state index is 3.41. The molecule has 2 heterocycles. The van der Waals surface area contributed by atoms with Crippen molar-refractivity contribution in [1.82, 2.24) is 20.0 Å². The van der Waals surface area contributed by atoms with Gasteiger partial charge in [0.05, 0.1) is 0 Å². The Bertz CT molecular complexity index is 196. The molecular weight excluding hydrogens is 236 g/mol. The Hall–Kier alpha value is -0.160. The second-order valence-corrected chi connectivity index (χ2v) is 5.22. The molecule has 4 heteroatoms. The van der Waals surface area contributed by atoms with Gasteiger partial charge in [0.25, 0.3) is 0 Å². The molecule has 0 aliphatic carbocycles. The standard InChI is InChI=1S/C13H28N4.C2H6/c1-2-15-10-12-17(13-11-15)7-3-6-16-8-4-14-5-9-16;1-2/h14H,2-13H2,1H3;1-2H3. The molecule has 114 valence electrons. The Kier molecular flexibility index (Phi) is 9.43. The quantitative estimate of drug-likeness (QED) is 0.803. The van der Waals surface area contributed by atoms with Crippen molar-refractivity contribution in [1.29, 1.82) is 0 Å². The van der Waals surface area contributed by atoms with Gasteiger partial charge < -0.3 is 20.0 Å². The summed E-state index contributed by atoms with van der Waals surface area (Å²) in [6, 6.07) is 0. The van der Waals surface area contributed by atoms with Gasteiger partial charge in [-0.2, -0.15) is 0 Å². The highest BCUT2D eigenvalue weighted by atomic mass is 15.3. The molecule has 19 heavy (non-hydrogen) atoms. The summed E-state index contributed by atoms with van der Waals surface area (Å²) in [5.74, 6) is 0. The van der Waals surface area contributed by atoms with E-state index in [0.717, 1.165) is 0 Å². The molecule has 0 radical (unpaired) electrons. The SMILES string of the molecule is CC.CCN1CCN(CCCN2CCNCC2)CC1. The predicted octanol–water partition coefficient (Wildman–Crippen LogP) is 0.945. The van der Waals surface area contributed by atoms with E-state index in [-0.39, 0.29) is 0 Å². The Morgan fingerprint density at radius 1 is 0.737 bits per heavy atom. The largest absolute Gasteiger partial charge is 0.314 e. The molecule has 0 aromatic rings. The third-order valence-electron chi connectivity index (χ3n) is 4.07. The van der Waals surface area contributed by atoms with E-state index in [0.29, 0.717) is 0 Å². The second kappa shape index (κ2) is 10.6. The van der Waals surface area contributed by atoms with E-state index >= 15 is 0 Å². The Balaban J connectivity index is 0.000000861. The zero-order valence-corrected chi connectivity index (χ0v) is 13.3. The normalized spacial score (nSPS) is 22.9. The van der Waals surface area contributed by atoms with E-state index < -0.39 is 0 Å². The Labute approximate surface area is 120 Å². The lowest BCUT2D eigenvalue weighted by Crippen LogP contribution is -2.47. The first-order valence-electron chi connectivity index (χ1n) is 8.26. The van der Waals surface area contributed by atoms with Crippen LogP contribution in [0.4, 0.5) is 0 Å². The molecule has 0 unspecified atom stereocenters. The van der Waals surface area contributed by atoms with E-state index in [4.69, 9.17) is 0 Å². The van der Waals surface area contributed by atoms with E-state index in [1.54, 1.807) is 0 Å². The minimum atomic E-state index is 1.18. The molecule has 0 atom stereocenters. The average Bonchev–Trinajstić information content (AvgIpc) is 2.51. The number of hydrogen-bond donors (Lipinski definition) is 1. The van der Waals surface area contributed by atoms with Crippen molar-refractivity contribution in [2.24, 2.45) is 0 Å². The molecule has 2 aliphatic heterocycles. The molecule has 0 spiro atoms. The maximum atomic E-state index is 3.41. The number of likely N-dealkylation sites (N-methyl/N-ethyl adjacent to an activating group) is 1. The van der Waals surface area contributed by atoms with Crippen LogP contribution in [-0.2, 0) is 0 Å². The monoisotopic (exact) mass is 270 g/mol. The van der Waals surface area contributed by atoms with Crippen molar-refractivity contribution in [2.45, 2.75) is 27.2 Å². The lowest BCUT2D eigenvalue weighted by molar-refractivity contribution is 0.130. The highest BCUT2D eigenvalue weighted by Gasteiger charge is 2.15. The minimum absolute atomic E-state index is 1.18. The molecule has 4 nitrogen and oxygen atoms in total. The summed E-state index contributed by atoms with van der Waals surface area (Å²) < 4.78 is 0. The molecule has 0 saturated carbocycles. The fourth-order valence-electron chi connectivity index (χ4n) is 2.78. The number of rotatable bonds is 5. The number of hydrogen-bond acceptors (Lipinski definition) is 4. The van der Waals surface area contributed by atoms with Crippen LogP contribution in [0.5, 0.6) is 0 Å². The zero-order valence-electron chi connectivity index (χ0n) is 13.3. The number of piperazine rings is 2. The topological polar surface area (TPSA) is 21.8 Å². The van der Waals surface area contributed by atoms with Crippen molar-refractivity contribution in [2.75, 3.05) is 72.0 Å². The van der Waals surface area contributed by atoms with Crippen LogP contribution in [-0.4, -0.2) is 86.7 Å². The van der Waals surface area contributed by atoms with Crippen molar-refractivity contribution in [3.8, 4) is 0 Å². The fourth-order valence-corrected chi connectivity index (χ4v) is 2.78. The van der Waals surface area contributed by atoms with E-state index in [9.17, 15) is 0 Å². The van der Waals surface area contributed by atoms with Gasteiger partial charge in [0.15, 0.2) is 0 Å².